The molecule has 31 heavy (non-hydrogen) atoms. The summed E-state index contributed by atoms with van der Waals surface area (Å²) in [7, 11) is -3.42. The molecule has 5 rings (SSSR count). The molecule has 8 nitrogen and oxygen atoms in total. The Hall–Kier alpha value is -2.98. The van der Waals surface area contributed by atoms with Crippen LogP contribution in [-0.2, 0) is 21.1 Å². The van der Waals surface area contributed by atoms with E-state index in [-0.39, 0.29) is 43.8 Å². The van der Waals surface area contributed by atoms with E-state index in [9.17, 15) is 17.6 Å². The molecule has 2 amide bonds. The minimum absolute atomic E-state index is 0.0717. The van der Waals surface area contributed by atoms with Gasteiger partial charge in [0.25, 0.3) is 0 Å². The van der Waals surface area contributed by atoms with Crippen molar-refractivity contribution in [2.75, 3.05) is 30.8 Å². The van der Waals surface area contributed by atoms with E-state index in [0.717, 1.165) is 11.0 Å². The number of sulfone groups is 1. The summed E-state index contributed by atoms with van der Waals surface area (Å²) in [6.45, 7) is 0.732. The number of ether oxygens (including phenoxy) is 1. The minimum atomic E-state index is -3.42. The Morgan fingerprint density at radius 2 is 1.94 bits per heavy atom. The number of para-hydroxylation sites is 2. The number of carbonyl (C=O) groups excluding carboxylic acids is 1. The molecular formula is C21H21FN4O4S. The average Bonchev–Trinajstić information content (AvgIpc) is 3.12. The lowest BCUT2D eigenvalue weighted by atomic mass is 9.96. The molecule has 0 saturated carbocycles. The van der Waals surface area contributed by atoms with Crippen molar-refractivity contribution in [2.24, 2.45) is 0 Å². The first kappa shape index (κ1) is 20.0. The number of halogens is 1. The molecule has 1 N–H and O–H groups in total. The van der Waals surface area contributed by atoms with Gasteiger partial charge in [0.15, 0.2) is 9.84 Å². The molecule has 1 aromatic heterocycles. The zero-order valence-corrected chi connectivity index (χ0v) is 17.4. The van der Waals surface area contributed by atoms with Gasteiger partial charge in [-0.05, 0) is 36.4 Å². The predicted molar refractivity (Wildman–Crippen MR) is 113 cm³/mol. The number of rotatable bonds is 3. The van der Waals surface area contributed by atoms with E-state index >= 15 is 0 Å². The van der Waals surface area contributed by atoms with Gasteiger partial charge in [0, 0.05) is 12.2 Å². The van der Waals surface area contributed by atoms with Crippen molar-refractivity contribution in [2.45, 2.75) is 17.4 Å². The van der Waals surface area contributed by atoms with E-state index in [0.29, 0.717) is 5.69 Å². The van der Waals surface area contributed by atoms with Crippen LogP contribution in [0.4, 0.5) is 14.9 Å². The first-order chi connectivity index (χ1) is 14.8. The Labute approximate surface area is 178 Å². The molecule has 2 aliphatic rings. The fourth-order valence-corrected chi connectivity index (χ4v) is 6.05. The molecule has 2 saturated heterocycles. The average molecular weight is 444 g/mol. The molecule has 10 heteroatoms. The van der Waals surface area contributed by atoms with Crippen molar-refractivity contribution < 1.29 is 22.3 Å². The Morgan fingerprint density at radius 1 is 1.19 bits per heavy atom. The Balaban J connectivity index is 1.21. The standard InChI is InChI=1S/C21H21FN4O4S/c22-15-5-7-16(8-6-15)24-20(27)26-11-21(12-26)13-31(28,29)17(10-30-21)9-25-14-23-18-3-1-2-4-19(18)25/h1-8,14,17H,9-13H2,(H,24,27)/t17-/m0/s1. The Kier molecular flexibility index (Phi) is 4.71. The van der Waals surface area contributed by atoms with Crippen molar-refractivity contribution in [1.82, 2.24) is 14.5 Å². The maximum Gasteiger partial charge on any atom is 0.322 e. The second-order valence-corrected chi connectivity index (χ2v) is 10.4. The van der Waals surface area contributed by atoms with Crippen LogP contribution < -0.4 is 5.32 Å². The van der Waals surface area contributed by atoms with Crippen LogP contribution in [0.15, 0.2) is 54.9 Å². The van der Waals surface area contributed by atoms with E-state index in [1.54, 1.807) is 6.33 Å². The maximum absolute atomic E-state index is 13.0. The van der Waals surface area contributed by atoms with Gasteiger partial charge < -0.3 is 19.5 Å². The van der Waals surface area contributed by atoms with Gasteiger partial charge >= 0.3 is 6.03 Å². The summed E-state index contributed by atoms with van der Waals surface area (Å²) >= 11 is 0. The molecule has 1 spiro atoms. The second-order valence-electron chi connectivity index (χ2n) is 8.10. The summed E-state index contributed by atoms with van der Waals surface area (Å²) in [4.78, 5) is 18.2. The topological polar surface area (TPSA) is 93.5 Å². The monoisotopic (exact) mass is 444 g/mol. The smallest absolute Gasteiger partial charge is 0.322 e. The number of carbonyl (C=O) groups is 1. The van der Waals surface area contributed by atoms with Crippen LogP contribution in [0.3, 0.4) is 0 Å². The van der Waals surface area contributed by atoms with Crippen LogP contribution in [0.5, 0.6) is 0 Å². The van der Waals surface area contributed by atoms with Crippen molar-refractivity contribution in [3.05, 3.63) is 60.7 Å². The lowest BCUT2D eigenvalue weighted by Gasteiger charge is -2.51. The fraction of sp³-hybridized carbons (Fsp3) is 0.333. The SMILES string of the molecule is O=C(Nc1ccc(F)cc1)N1CC2(C1)CS(=O)(=O)[C@@H](Cn1cnc3ccccc31)CO2. The van der Waals surface area contributed by atoms with Gasteiger partial charge in [-0.15, -0.1) is 0 Å². The molecule has 2 aliphatic heterocycles. The third kappa shape index (κ3) is 3.77. The predicted octanol–water partition coefficient (Wildman–Crippen LogP) is 2.28. The minimum Gasteiger partial charge on any atom is -0.369 e. The summed E-state index contributed by atoms with van der Waals surface area (Å²) < 4.78 is 46.8. The second kappa shape index (κ2) is 7.31. The quantitative estimate of drug-likeness (QED) is 0.669. The number of nitrogens with zero attached hydrogens (tertiary/aromatic N) is 3. The lowest BCUT2D eigenvalue weighted by Crippen LogP contribution is -2.71. The number of hydrogen-bond donors (Lipinski definition) is 1. The molecule has 2 fully saturated rings. The van der Waals surface area contributed by atoms with Crippen LogP contribution in [0.2, 0.25) is 0 Å². The van der Waals surface area contributed by atoms with Crippen LogP contribution >= 0.6 is 0 Å². The first-order valence-electron chi connectivity index (χ1n) is 9.91. The zero-order valence-electron chi connectivity index (χ0n) is 16.6. The highest BCUT2D eigenvalue weighted by atomic mass is 32.2. The van der Waals surface area contributed by atoms with Gasteiger partial charge in [0.2, 0.25) is 0 Å². The van der Waals surface area contributed by atoms with Gasteiger partial charge in [-0.3, -0.25) is 0 Å². The number of aromatic nitrogens is 2. The highest BCUT2D eigenvalue weighted by molar-refractivity contribution is 7.92. The summed E-state index contributed by atoms with van der Waals surface area (Å²) in [5, 5.41) is 2.01. The molecule has 3 heterocycles. The van der Waals surface area contributed by atoms with Crippen LogP contribution in [0.1, 0.15) is 0 Å². The molecule has 1 atom stereocenters. The van der Waals surface area contributed by atoms with Crippen LogP contribution in [0, 0.1) is 5.82 Å². The third-order valence-corrected chi connectivity index (χ3v) is 8.05. The molecule has 0 unspecified atom stereocenters. The van der Waals surface area contributed by atoms with Crippen molar-refractivity contribution in [1.29, 1.82) is 0 Å². The van der Waals surface area contributed by atoms with E-state index in [1.165, 1.54) is 29.2 Å². The Bertz CT molecular complexity index is 1240. The summed E-state index contributed by atoms with van der Waals surface area (Å²) in [6, 6.07) is 12.6. The normalized spacial score (nSPS) is 21.7. The molecule has 0 aliphatic carbocycles. The number of imidazole rings is 1. The number of anilines is 1. The van der Waals surface area contributed by atoms with Gasteiger partial charge in [0.1, 0.15) is 16.7 Å². The number of benzene rings is 2. The maximum atomic E-state index is 13.0. The molecule has 2 aromatic carbocycles. The summed E-state index contributed by atoms with van der Waals surface area (Å²) in [5.41, 5.74) is 1.30. The van der Waals surface area contributed by atoms with Gasteiger partial charge in [-0.25, -0.2) is 22.6 Å². The van der Waals surface area contributed by atoms with Gasteiger partial charge in [-0.2, -0.15) is 0 Å². The van der Waals surface area contributed by atoms with E-state index in [2.05, 4.69) is 10.3 Å². The number of urea groups is 1. The molecular weight excluding hydrogens is 423 g/mol. The van der Waals surface area contributed by atoms with E-state index in [1.807, 2.05) is 28.8 Å². The lowest BCUT2D eigenvalue weighted by molar-refractivity contribution is -0.117. The van der Waals surface area contributed by atoms with Gasteiger partial charge in [0.05, 0.1) is 42.8 Å². The van der Waals surface area contributed by atoms with E-state index in [4.69, 9.17) is 4.74 Å². The highest BCUT2D eigenvalue weighted by Crippen LogP contribution is 2.33. The molecule has 162 valence electrons. The largest absolute Gasteiger partial charge is 0.369 e. The van der Waals surface area contributed by atoms with Crippen LogP contribution in [0.25, 0.3) is 11.0 Å². The summed E-state index contributed by atoms with van der Waals surface area (Å²) in [6.07, 6.45) is 1.65. The molecule has 0 bridgehead atoms. The van der Waals surface area contributed by atoms with Gasteiger partial charge in [-0.1, -0.05) is 12.1 Å². The number of fused-ring (bicyclic) bond motifs is 1. The van der Waals surface area contributed by atoms with Crippen molar-refractivity contribution in [3.63, 3.8) is 0 Å². The van der Waals surface area contributed by atoms with Crippen molar-refractivity contribution in [3.8, 4) is 0 Å². The fourth-order valence-electron chi connectivity index (χ4n) is 4.15. The number of hydrogen-bond acceptors (Lipinski definition) is 5. The van der Waals surface area contributed by atoms with Crippen LogP contribution in [-0.4, -0.2) is 65.2 Å². The number of nitrogens with one attached hydrogen (secondary N) is 1. The number of likely N-dealkylation sites (tertiary alicyclic amines) is 1. The molecule has 3 aromatic rings. The molecule has 0 radical (unpaired) electrons. The van der Waals surface area contributed by atoms with E-state index < -0.39 is 20.7 Å². The summed E-state index contributed by atoms with van der Waals surface area (Å²) in [5.74, 6) is -0.516. The Morgan fingerprint density at radius 3 is 2.68 bits per heavy atom. The zero-order chi connectivity index (χ0) is 21.6. The highest BCUT2D eigenvalue weighted by Gasteiger charge is 2.53. The van der Waals surface area contributed by atoms with Crippen molar-refractivity contribution >= 4 is 32.6 Å². The first-order valence-corrected chi connectivity index (χ1v) is 11.6. The third-order valence-electron chi connectivity index (χ3n) is 5.82. The number of amides is 2.